The number of hydrogen-bond donors (Lipinski definition) is 0. The van der Waals surface area contributed by atoms with Crippen LogP contribution < -0.4 is 28.5 Å². The molecular formula is C6H9IN2. The minimum absolute atomic E-state index is 0. The van der Waals surface area contributed by atoms with Gasteiger partial charge in [0.1, 0.15) is 6.54 Å². The average molecular weight is 236 g/mol. The van der Waals surface area contributed by atoms with Gasteiger partial charge >= 0.3 is 0 Å². The minimum atomic E-state index is 0. The fourth-order valence-corrected chi connectivity index (χ4v) is 0.558. The Hall–Kier alpha value is -0.190. The third-order valence-electron chi connectivity index (χ3n) is 1.05. The van der Waals surface area contributed by atoms with E-state index in [9.17, 15) is 0 Å². The summed E-state index contributed by atoms with van der Waals surface area (Å²) in [7, 11) is 0. The average Bonchev–Trinajstić information content (AvgIpc) is 1.90. The van der Waals surface area contributed by atoms with Gasteiger partial charge in [-0.25, -0.2) is 4.57 Å². The predicted molar refractivity (Wildman–Crippen MR) is 30.1 cm³/mol. The number of hydrogen-bond acceptors (Lipinski definition) is 1. The Morgan fingerprint density at radius 2 is 1.89 bits per heavy atom. The minimum Gasteiger partial charge on any atom is -1.00 e. The first kappa shape index (κ1) is 8.81. The summed E-state index contributed by atoms with van der Waals surface area (Å²) < 4.78 is 2.06. The number of aromatic nitrogens is 2. The Labute approximate surface area is 72.0 Å². The van der Waals surface area contributed by atoms with Gasteiger partial charge < -0.3 is 24.0 Å². The monoisotopic (exact) mass is 236 g/mol. The van der Waals surface area contributed by atoms with E-state index in [2.05, 4.69) is 16.5 Å². The fraction of sp³-hybridized carbons (Fsp3) is 0.333. The summed E-state index contributed by atoms with van der Waals surface area (Å²) >= 11 is 0. The molecule has 3 heteroatoms. The molecular weight excluding hydrogens is 227 g/mol. The molecule has 0 saturated carbocycles. The molecule has 0 saturated heterocycles. The topological polar surface area (TPSA) is 16.8 Å². The van der Waals surface area contributed by atoms with Gasteiger partial charge in [0.05, 0.1) is 12.4 Å². The summed E-state index contributed by atoms with van der Waals surface area (Å²) in [5.74, 6) is 0. The maximum atomic E-state index is 3.87. The molecule has 0 bridgehead atoms. The number of rotatable bonds is 1. The highest BCUT2D eigenvalue weighted by molar-refractivity contribution is 4.62. The van der Waals surface area contributed by atoms with Crippen molar-refractivity contribution >= 4 is 0 Å². The van der Waals surface area contributed by atoms with E-state index >= 15 is 0 Å². The van der Waals surface area contributed by atoms with Crippen LogP contribution in [0.2, 0.25) is 0 Å². The predicted octanol–water partition coefficient (Wildman–Crippen LogP) is -2.61. The zero-order valence-electron chi connectivity index (χ0n) is 5.29. The van der Waals surface area contributed by atoms with Crippen LogP contribution in [0.25, 0.3) is 0 Å². The summed E-state index contributed by atoms with van der Waals surface area (Å²) in [5, 5.41) is 0. The third kappa shape index (κ3) is 2.74. The van der Waals surface area contributed by atoms with Crippen molar-refractivity contribution in [3.8, 4) is 0 Å². The normalized spacial score (nSPS) is 8.11. The van der Waals surface area contributed by atoms with E-state index in [0.29, 0.717) is 0 Å². The van der Waals surface area contributed by atoms with Crippen molar-refractivity contribution in [2.45, 2.75) is 13.5 Å². The molecule has 0 spiro atoms. The number of halogens is 1. The quantitative estimate of drug-likeness (QED) is 0.386. The first-order chi connectivity index (χ1) is 3.93. The van der Waals surface area contributed by atoms with Gasteiger partial charge in [-0.1, -0.05) is 0 Å². The van der Waals surface area contributed by atoms with Gasteiger partial charge in [0.15, 0.2) is 12.4 Å². The summed E-state index contributed by atoms with van der Waals surface area (Å²) in [6.07, 6.45) is 7.45. The second-order valence-corrected chi connectivity index (χ2v) is 1.58. The summed E-state index contributed by atoms with van der Waals surface area (Å²) in [4.78, 5) is 3.87. The van der Waals surface area contributed by atoms with E-state index in [1.807, 2.05) is 12.4 Å². The third-order valence-corrected chi connectivity index (χ3v) is 1.05. The van der Waals surface area contributed by atoms with Crippen LogP contribution in [0.4, 0.5) is 0 Å². The van der Waals surface area contributed by atoms with Crippen LogP contribution in [-0.2, 0) is 6.54 Å². The SMILES string of the molecule is CC[n+]1ccncc1.[I-]. The lowest BCUT2D eigenvalue weighted by atomic mass is 10.6. The van der Waals surface area contributed by atoms with E-state index in [1.54, 1.807) is 12.4 Å². The van der Waals surface area contributed by atoms with Gasteiger partial charge in [-0.15, -0.1) is 0 Å². The van der Waals surface area contributed by atoms with Gasteiger partial charge in [-0.2, -0.15) is 0 Å². The molecule has 1 aromatic rings. The first-order valence-corrected chi connectivity index (χ1v) is 2.72. The molecule has 0 aliphatic heterocycles. The molecule has 0 amide bonds. The molecule has 2 nitrogen and oxygen atoms in total. The molecule has 0 radical (unpaired) electrons. The van der Waals surface area contributed by atoms with Crippen molar-refractivity contribution in [3.05, 3.63) is 24.8 Å². The van der Waals surface area contributed by atoms with Gasteiger partial charge in [0, 0.05) is 0 Å². The van der Waals surface area contributed by atoms with E-state index < -0.39 is 0 Å². The molecule has 0 aliphatic carbocycles. The molecule has 0 N–H and O–H groups in total. The molecule has 1 heterocycles. The Morgan fingerprint density at radius 1 is 1.33 bits per heavy atom. The summed E-state index contributed by atoms with van der Waals surface area (Å²) in [6, 6.07) is 0. The lowest BCUT2D eigenvalue weighted by Crippen LogP contribution is -3.00. The molecule has 0 unspecified atom stereocenters. The van der Waals surface area contributed by atoms with Crippen molar-refractivity contribution < 1.29 is 28.5 Å². The van der Waals surface area contributed by atoms with E-state index in [0.717, 1.165) is 6.54 Å². The molecule has 50 valence electrons. The van der Waals surface area contributed by atoms with Crippen LogP contribution in [0, 0.1) is 0 Å². The summed E-state index contributed by atoms with van der Waals surface area (Å²) in [5.41, 5.74) is 0. The number of aryl methyl sites for hydroxylation is 1. The Balaban J connectivity index is 0.000000640. The molecule has 9 heavy (non-hydrogen) atoms. The standard InChI is InChI=1S/C6H9N2.HI/c1-2-8-5-3-7-4-6-8;/h3-6H,2H2,1H3;1H/q+1;/p-1. The van der Waals surface area contributed by atoms with Crippen LogP contribution in [0.15, 0.2) is 24.8 Å². The lowest BCUT2D eigenvalue weighted by Gasteiger charge is -1.84. The Bertz CT molecular complexity index is 152. The maximum absolute atomic E-state index is 3.87. The zero-order valence-corrected chi connectivity index (χ0v) is 7.45. The highest BCUT2D eigenvalue weighted by Gasteiger charge is 1.87. The van der Waals surface area contributed by atoms with Crippen molar-refractivity contribution in [2.24, 2.45) is 0 Å². The van der Waals surface area contributed by atoms with Crippen LogP contribution in [0.1, 0.15) is 6.92 Å². The van der Waals surface area contributed by atoms with Gasteiger partial charge in [0.2, 0.25) is 0 Å². The van der Waals surface area contributed by atoms with Crippen LogP contribution in [-0.4, -0.2) is 4.98 Å². The largest absolute Gasteiger partial charge is 1.00 e. The van der Waals surface area contributed by atoms with Crippen molar-refractivity contribution in [2.75, 3.05) is 0 Å². The van der Waals surface area contributed by atoms with Crippen LogP contribution >= 0.6 is 0 Å². The van der Waals surface area contributed by atoms with Crippen molar-refractivity contribution in [1.82, 2.24) is 4.98 Å². The first-order valence-electron chi connectivity index (χ1n) is 2.72. The smallest absolute Gasteiger partial charge is 0.187 e. The lowest BCUT2D eigenvalue weighted by molar-refractivity contribution is -0.694. The molecule has 1 aromatic heterocycles. The molecule has 0 atom stereocenters. The second kappa shape index (κ2) is 4.67. The Kier molecular flexibility index (Phi) is 4.57. The van der Waals surface area contributed by atoms with Crippen LogP contribution in [0.3, 0.4) is 0 Å². The van der Waals surface area contributed by atoms with Gasteiger partial charge in [0.25, 0.3) is 0 Å². The fourth-order valence-electron chi connectivity index (χ4n) is 0.558. The highest BCUT2D eigenvalue weighted by atomic mass is 127. The second-order valence-electron chi connectivity index (χ2n) is 1.58. The molecule has 0 aliphatic rings. The van der Waals surface area contributed by atoms with Crippen molar-refractivity contribution in [1.29, 1.82) is 0 Å². The van der Waals surface area contributed by atoms with E-state index in [4.69, 9.17) is 0 Å². The molecule has 0 fully saturated rings. The van der Waals surface area contributed by atoms with E-state index in [1.165, 1.54) is 0 Å². The molecule has 0 aromatic carbocycles. The van der Waals surface area contributed by atoms with Crippen molar-refractivity contribution in [3.63, 3.8) is 0 Å². The zero-order chi connectivity index (χ0) is 5.82. The number of nitrogens with zero attached hydrogens (tertiary/aromatic N) is 2. The summed E-state index contributed by atoms with van der Waals surface area (Å²) in [6.45, 7) is 3.11. The maximum Gasteiger partial charge on any atom is 0.187 e. The molecule has 1 rings (SSSR count). The van der Waals surface area contributed by atoms with Crippen LogP contribution in [0.5, 0.6) is 0 Å². The highest BCUT2D eigenvalue weighted by Crippen LogP contribution is 1.67. The van der Waals surface area contributed by atoms with Gasteiger partial charge in [-0.05, 0) is 6.92 Å². The van der Waals surface area contributed by atoms with E-state index in [-0.39, 0.29) is 24.0 Å². The van der Waals surface area contributed by atoms with Gasteiger partial charge in [-0.3, -0.25) is 4.98 Å². The Morgan fingerprint density at radius 3 is 2.22 bits per heavy atom.